The zero-order valence-corrected chi connectivity index (χ0v) is 11.9. The Morgan fingerprint density at radius 3 is 3.10 bits per heavy atom. The fraction of sp³-hybridized carbons (Fsp3) is 0.500. The van der Waals surface area contributed by atoms with Crippen LogP contribution in [0.3, 0.4) is 0 Å². The molecule has 0 aliphatic carbocycles. The number of carboxylic acids is 1. The van der Waals surface area contributed by atoms with E-state index in [9.17, 15) is 9.59 Å². The van der Waals surface area contributed by atoms with Crippen molar-refractivity contribution >= 4 is 12.0 Å². The van der Waals surface area contributed by atoms with E-state index in [1.165, 1.54) is 7.11 Å². The number of hydrogen-bond acceptors (Lipinski definition) is 4. The second-order valence-electron chi connectivity index (χ2n) is 4.99. The highest BCUT2D eigenvalue weighted by molar-refractivity contribution is 5.76. The van der Waals surface area contributed by atoms with Crippen LogP contribution in [0.4, 0.5) is 4.79 Å². The number of aliphatic carboxylic acids is 1. The number of rotatable bonds is 4. The molecule has 7 nitrogen and oxygen atoms in total. The van der Waals surface area contributed by atoms with Gasteiger partial charge in [0.1, 0.15) is 0 Å². The molecule has 0 radical (unpaired) electrons. The highest BCUT2D eigenvalue weighted by Crippen LogP contribution is 2.16. The van der Waals surface area contributed by atoms with Crippen LogP contribution in [0.25, 0.3) is 0 Å². The topological polar surface area (TPSA) is 91.8 Å². The first-order valence-corrected chi connectivity index (χ1v) is 6.84. The third kappa shape index (κ3) is 4.08. The summed E-state index contributed by atoms with van der Waals surface area (Å²) >= 11 is 0. The number of likely N-dealkylation sites (tertiary alicyclic amines) is 1. The normalized spacial score (nSPS) is 18.1. The van der Waals surface area contributed by atoms with E-state index in [1.54, 1.807) is 23.2 Å². The van der Waals surface area contributed by atoms with Gasteiger partial charge in [-0.1, -0.05) is 0 Å². The fourth-order valence-corrected chi connectivity index (χ4v) is 2.32. The number of carboxylic acid groups (broad SMARTS) is 1. The van der Waals surface area contributed by atoms with Gasteiger partial charge in [-0.3, -0.25) is 4.79 Å². The number of piperidine rings is 1. The molecular weight excluding hydrogens is 274 g/mol. The van der Waals surface area contributed by atoms with Crippen LogP contribution in [0.5, 0.6) is 5.88 Å². The predicted octanol–water partition coefficient (Wildman–Crippen LogP) is 1.10. The zero-order valence-electron chi connectivity index (χ0n) is 11.9. The molecule has 1 atom stereocenters. The van der Waals surface area contributed by atoms with Crippen molar-refractivity contribution in [1.82, 2.24) is 15.2 Å². The number of nitrogens with zero attached hydrogens (tertiary/aromatic N) is 2. The molecule has 1 saturated heterocycles. The van der Waals surface area contributed by atoms with E-state index in [2.05, 4.69) is 10.3 Å². The lowest BCUT2D eigenvalue weighted by atomic mass is 9.99. The Morgan fingerprint density at radius 2 is 2.38 bits per heavy atom. The van der Waals surface area contributed by atoms with Crippen LogP contribution in [-0.2, 0) is 11.3 Å². The van der Waals surface area contributed by atoms with E-state index in [4.69, 9.17) is 9.84 Å². The first kappa shape index (κ1) is 15.1. The molecule has 114 valence electrons. The molecule has 1 aliphatic heterocycles. The molecule has 1 fully saturated rings. The zero-order chi connectivity index (χ0) is 15.2. The Bertz CT molecular complexity index is 521. The quantitative estimate of drug-likeness (QED) is 0.867. The largest absolute Gasteiger partial charge is 0.481 e. The number of methoxy groups -OCH3 is 1. The molecule has 1 aliphatic rings. The number of aromatic nitrogens is 1. The van der Waals surface area contributed by atoms with Gasteiger partial charge in [-0.15, -0.1) is 0 Å². The molecule has 1 unspecified atom stereocenters. The summed E-state index contributed by atoms with van der Waals surface area (Å²) in [6.45, 7) is 1.21. The third-order valence-electron chi connectivity index (χ3n) is 3.51. The van der Waals surface area contributed by atoms with E-state index in [-0.39, 0.29) is 12.6 Å². The Labute approximate surface area is 122 Å². The van der Waals surface area contributed by atoms with Gasteiger partial charge < -0.3 is 20.1 Å². The lowest BCUT2D eigenvalue weighted by Gasteiger charge is -2.30. The van der Waals surface area contributed by atoms with Gasteiger partial charge in [-0.25, -0.2) is 9.78 Å². The van der Waals surface area contributed by atoms with E-state index in [1.807, 2.05) is 0 Å². The smallest absolute Gasteiger partial charge is 0.317 e. The lowest BCUT2D eigenvalue weighted by molar-refractivity contribution is -0.143. The van der Waals surface area contributed by atoms with Crippen molar-refractivity contribution in [2.75, 3.05) is 20.2 Å². The van der Waals surface area contributed by atoms with Gasteiger partial charge in [-0.05, 0) is 24.5 Å². The van der Waals surface area contributed by atoms with E-state index in [0.29, 0.717) is 31.8 Å². The lowest BCUT2D eigenvalue weighted by Crippen LogP contribution is -2.46. The summed E-state index contributed by atoms with van der Waals surface area (Å²) in [6, 6.07) is 3.30. The van der Waals surface area contributed by atoms with Crippen LogP contribution in [0.15, 0.2) is 18.3 Å². The van der Waals surface area contributed by atoms with Gasteiger partial charge in [0.15, 0.2) is 0 Å². The molecule has 0 bridgehead atoms. The molecule has 0 saturated carbocycles. The average molecular weight is 293 g/mol. The van der Waals surface area contributed by atoms with Gasteiger partial charge in [0.2, 0.25) is 5.88 Å². The number of nitrogens with one attached hydrogen (secondary N) is 1. The highest BCUT2D eigenvalue weighted by atomic mass is 16.5. The molecule has 21 heavy (non-hydrogen) atoms. The van der Waals surface area contributed by atoms with Gasteiger partial charge >= 0.3 is 12.0 Å². The van der Waals surface area contributed by atoms with Crippen LogP contribution in [0, 0.1) is 5.92 Å². The molecule has 1 aromatic rings. The number of urea groups is 1. The Kier molecular flexibility index (Phi) is 4.97. The van der Waals surface area contributed by atoms with Crippen LogP contribution in [0.1, 0.15) is 18.4 Å². The number of carbonyl (C=O) groups excluding carboxylic acids is 1. The molecular formula is C14H19N3O4. The Hall–Kier alpha value is -2.31. The Morgan fingerprint density at radius 1 is 1.57 bits per heavy atom. The molecule has 7 heteroatoms. The molecule has 0 spiro atoms. The minimum absolute atomic E-state index is 0.239. The summed E-state index contributed by atoms with van der Waals surface area (Å²) in [4.78, 5) is 28.6. The number of carbonyl (C=O) groups is 2. The first-order chi connectivity index (χ1) is 10.1. The van der Waals surface area contributed by atoms with Gasteiger partial charge in [0.05, 0.1) is 13.0 Å². The monoisotopic (exact) mass is 293 g/mol. The molecule has 2 rings (SSSR count). The standard InChI is InChI=1S/C14H19N3O4/c1-21-12-7-10(4-5-15-12)8-16-14(20)17-6-2-3-11(9-17)13(18)19/h4-5,7,11H,2-3,6,8-9H2,1H3,(H,16,20)(H,18,19). The predicted molar refractivity (Wildman–Crippen MR) is 75.0 cm³/mol. The van der Waals surface area contributed by atoms with Crippen molar-refractivity contribution in [3.63, 3.8) is 0 Å². The first-order valence-electron chi connectivity index (χ1n) is 6.84. The maximum atomic E-state index is 12.1. The number of hydrogen-bond donors (Lipinski definition) is 2. The molecule has 0 aromatic carbocycles. The van der Waals surface area contributed by atoms with E-state index >= 15 is 0 Å². The Balaban J connectivity index is 1.87. The summed E-state index contributed by atoms with van der Waals surface area (Å²) in [5.74, 6) is -0.817. The summed E-state index contributed by atoms with van der Waals surface area (Å²) < 4.78 is 5.02. The van der Waals surface area contributed by atoms with Gasteiger partial charge in [0, 0.05) is 31.9 Å². The van der Waals surface area contributed by atoms with Gasteiger partial charge in [-0.2, -0.15) is 0 Å². The van der Waals surface area contributed by atoms with Crippen molar-refractivity contribution < 1.29 is 19.4 Å². The maximum Gasteiger partial charge on any atom is 0.317 e. The van der Waals surface area contributed by atoms with Crippen molar-refractivity contribution in [1.29, 1.82) is 0 Å². The molecule has 2 heterocycles. The van der Waals surface area contributed by atoms with Crippen LogP contribution in [-0.4, -0.2) is 47.2 Å². The maximum absolute atomic E-state index is 12.1. The van der Waals surface area contributed by atoms with Crippen LogP contribution >= 0.6 is 0 Å². The van der Waals surface area contributed by atoms with Crippen molar-refractivity contribution in [3.05, 3.63) is 23.9 Å². The summed E-state index contributed by atoms with van der Waals surface area (Å²) in [7, 11) is 1.53. The number of pyridine rings is 1. The third-order valence-corrected chi connectivity index (χ3v) is 3.51. The summed E-state index contributed by atoms with van der Waals surface area (Å²) in [5, 5.41) is 11.8. The number of ether oxygens (including phenoxy) is 1. The van der Waals surface area contributed by atoms with Crippen LogP contribution in [0.2, 0.25) is 0 Å². The SMILES string of the molecule is COc1cc(CNC(=O)N2CCCC(C(=O)O)C2)ccn1. The number of amides is 2. The van der Waals surface area contributed by atoms with Crippen molar-refractivity contribution in [3.8, 4) is 5.88 Å². The molecule has 2 amide bonds. The highest BCUT2D eigenvalue weighted by Gasteiger charge is 2.27. The second kappa shape index (κ2) is 6.92. The van der Waals surface area contributed by atoms with Crippen molar-refractivity contribution in [2.45, 2.75) is 19.4 Å². The fourth-order valence-electron chi connectivity index (χ4n) is 2.32. The van der Waals surface area contributed by atoms with Crippen LogP contribution < -0.4 is 10.1 Å². The summed E-state index contributed by atoms with van der Waals surface area (Å²) in [6.07, 6.45) is 2.95. The minimum Gasteiger partial charge on any atom is -0.481 e. The van der Waals surface area contributed by atoms with Gasteiger partial charge in [0.25, 0.3) is 0 Å². The molecule has 2 N–H and O–H groups in total. The molecule has 1 aromatic heterocycles. The van der Waals surface area contributed by atoms with E-state index in [0.717, 1.165) is 5.56 Å². The summed E-state index contributed by atoms with van der Waals surface area (Å²) in [5.41, 5.74) is 0.877. The minimum atomic E-state index is -0.841. The average Bonchev–Trinajstić information content (AvgIpc) is 2.53. The van der Waals surface area contributed by atoms with E-state index < -0.39 is 11.9 Å². The second-order valence-corrected chi connectivity index (χ2v) is 4.99. The van der Waals surface area contributed by atoms with Crippen molar-refractivity contribution in [2.24, 2.45) is 5.92 Å².